The Kier molecular flexibility index (Phi) is 2.90. The summed E-state index contributed by atoms with van der Waals surface area (Å²) in [6.07, 6.45) is 1.34. The molecule has 0 atom stereocenters. The summed E-state index contributed by atoms with van der Waals surface area (Å²) in [5.41, 5.74) is 1.23. The lowest BCUT2D eigenvalue weighted by molar-refractivity contribution is 0.00768. The molecule has 0 radical (unpaired) electrons. The number of aromatic nitrogens is 3. The molecule has 1 aromatic heterocycles. The molecule has 0 aliphatic heterocycles. The van der Waals surface area contributed by atoms with Crippen LogP contribution in [0, 0.1) is 0 Å². The fourth-order valence-electron chi connectivity index (χ4n) is 2.42. The molecule has 1 aliphatic carbocycles. The standard InChI is InChI=1S/C16H12ClN3O2/c17-12-7-5-11(6-8-12)15(21)16(9-10-16)22-20-14-4-2-1-3-13(14)18-19-20/h1-8H,9-10H2. The molecular formula is C16H12ClN3O2. The lowest BCUT2D eigenvalue weighted by atomic mass is 10.1. The number of para-hydroxylation sites is 1. The molecule has 0 saturated heterocycles. The molecule has 1 fully saturated rings. The minimum atomic E-state index is -0.843. The van der Waals surface area contributed by atoms with Crippen LogP contribution in [-0.2, 0) is 0 Å². The maximum atomic E-state index is 12.7. The van der Waals surface area contributed by atoms with E-state index >= 15 is 0 Å². The van der Waals surface area contributed by atoms with E-state index in [9.17, 15) is 4.79 Å². The van der Waals surface area contributed by atoms with Crippen LogP contribution in [0.2, 0.25) is 5.02 Å². The van der Waals surface area contributed by atoms with E-state index in [0.29, 0.717) is 23.4 Å². The van der Waals surface area contributed by atoms with Crippen molar-refractivity contribution in [1.29, 1.82) is 0 Å². The van der Waals surface area contributed by atoms with Gasteiger partial charge in [0.1, 0.15) is 11.0 Å². The predicted molar refractivity (Wildman–Crippen MR) is 81.9 cm³/mol. The van der Waals surface area contributed by atoms with Crippen molar-refractivity contribution in [3.8, 4) is 0 Å². The van der Waals surface area contributed by atoms with Crippen LogP contribution in [0.1, 0.15) is 23.2 Å². The zero-order valence-electron chi connectivity index (χ0n) is 11.6. The second kappa shape index (κ2) is 4.81. The summed E-state index contributed by atoms with van der Waals surface area (Å²) in [6, 6.07) is 14.3. The van der Waals surface area contributed by atoms with Crippen LogP contribution in [0.15, 0.2) is 48.5 Å². The van der Waals surface area contributed by atoms with Gasteiger partial charge in [0.15, 0.2) is 5.60 Å². The quantitative estimate of drug-likeness (QED) is 0.695. The number of benzene rings is 2. The minimum absolute atomic E-state index is 0.0521. The Morgan fingerprint density at radius 2 is 1.86 bits per heavy atom. The molecule has 0 unspecified atom stereocenters. The van der Waals surface area contributed by atoms with Crippen molar-refractivity contribution in [2.45, 2.75) is 18.4 Å². The van der Waals surface area contributed by atoms with Gasteiger partial charge in [-0.1, -0.05) is 28.6 Å². The lowest BCUT2D eigenvalue weighted by Crippen LogP contribution is -2.36. The number of nitrogens with zero attached hydrogens (tertiary/aromatic N) is 3. The molecule has 1 aliphatic rings. The predicted octanol–water partition coefficient (Wildman–Crippen LogP) is 2.93. The number of carbonyl (C=O) groups excluding carboxylic acids is 1. The summed E-state index contributed by atoms with van der Waals surface area (Å²) in [4.78, 5) is 19.9. The number of Topliss-reactive ketones (excluding diaryl/α,β-unsaturated/α-hetero) is 1. The summed E-state index contributed by atoms with van der Waals surface area (Å²) < 4.78 is 0. The van der Waals surface area contributed by atoms with Crippen molar-refractivity contribution in [3.63, 3.8) is 0 Å². The van der Waals surface area contributed by atoms with Crippen molar-refractivity contribution in [1.82, 2.24) is 15.2 Å². The summed E-state index contributed by atoms with van der Waals surface area (Å²) in [5, 5.41) is 8.62. The first-order valence-corrected chi connectivity index (χ1v) is 7.36. The Hall–Kier alpha value is -2.40. The number of rotatable bonds is 4. The molecule has 6 heteroatoms. The van der Waals surface area contributed by atoms with Gasteiger partial charge in [-0.15, -0.1) is 5.10 Å². The van der Waals surface area contributed by atoms with E-state index in [-0.39, 0.29) is 5.78 Å². The maximum Gasteiger partial charge on any atom is 0.209 e. The molecule has 4 rings (SSSR count). The summed E-state index contributed by atoms with van der Waals surface area (Å²) in [6.45, 7) is 0. The van der Waals surface area contributed by atoms with Gasteiger partial charge in [0, 0.05) is 23.4 Å². The molecule has 0 bridgehead atoms. The average Bonchev–Trinajstić information content (AvgIpc) is 3.22. The van der Waals surface area contributed by atoms with E-state index in [0.717, 1.165) is 11.0 Å². The smallest absolute Gasteiger partial charge is 0.209 e. The molecule has 5 nitrogen and oxygen atoms in total. The second-order valence-electron chi connectivity index (χ2n) is 5.37. The minimum Gasteiger partial charge on any atom is -0.380 e. The molecule has 0 spiro atoms. The van der Waals surface area contributed by atoms with Gasteiger partial charge in [-0.2, -0.15) is 0 Å². The highest BCUT2D eigenvalue weighted by Gasteiger charge is 2.54. The van der Waals surface area contributed by atoms with E-state index in [2.05, 4.69) is 10.3 Å². The Balaban J connectivity index is 1.64. The third kappa shape index (κ3) is 2.14. The van der Waals surface area contributed by atoms with Crippen molar-refractivity contribution in [2.24, 2.45) is 0 Å². The van der Waals surface area contributed by atoms with Crippen molar-refractivity contribution >= 4 is 28.4 Å². The van der Waals surface area contributed by atoms with E-state index < -0.39 is 5.60 Å². The van der Waals surface area contributed by atoms with Gasteiger partial charge < -0.3 is 4.84 Å². The molecule has 0 amide bonds. The van der Waals surface area contributed by atoms with Gasteiger partial charge in [-0.25, -0.2) is 0 Å². The van der Waals surface area contributed by atoms with Gasteiger partial charge in [0.05, 0.1) is 0 Å². The third-order valence-corrected chi connectivity index (χ3v) is 4.06. The molecule has 2 aromatic carbocycles. The van der Waals surface area contributed by atoms with Gasteiger partial charge >= 0.3 is 0 Å². The molecule has 0 N–H and O–H groups in total. The highest BCUT2D eigenvalue weighted by molar-refractivity contribution is 6.30. The van der Waals surface area contributed by atoms with Gasteiger partial charge in [-0.05, 0) is 41.6 Å². The Bertz CT molecular complexity index is 853. The van der Waals surface area contributed by atoms with Gasteiger partial charge in [0.2, 0.25) is 5.78 Å². The summed E-state index contributed by atoms with van der Waals surface area (Å²) in [5.74, 6) is -0.0521. The Morgan fingerprint density at radius 3 is 2.59 bits per heavy atom. The number of ketones is 1. The third-order valence-electron chi connectivity index (χ3n) is 3.81. The monoisotopic (exact) mass is 313 g/mol. The van der Waals surface area contributed by atoms with E-state index in [1.807, 2.05) is 24.3 Å². The van der Waals surface area contributed by atoms with Crippen LogP contribution < -0.4 is 4.84 Å². The molecule has 3 aromatic rings. The van der Waals surface area contributed by atoms with Crippen LogP contribution >= 0.6 is 11.6 Å². The van der Waals surface area contributed by atoms with Gasteiger partial charge in [-0.3, -0.25) is 4.79 Å². The number of fused-ring (bicyclic) bond motifs is 1. The highest BCUT2D eigenvalue weighted by atomic mass is 35.5. The maximum absolute atomic E-state index is 12.7. The fourth-order valence-corrected chi connectivity index (χ4v) is 2.54. The largest absolute Gasteiger partial charge is 0.380 e. The zero-order valence-corrected chi connectivity index (χ0v) is 12.3. The van der Waals surface area contributed by atoms with Crippen LogP contribution in [-0.4, -0.2) is 26.5 Å². The van der Waals surface area contributed by atoms with Crippen molar-refractivity contribution < 1.29 is 9.63 Å². The van der Waals surface area contributed by atoms with Crippen LogP contribution in [0.25, 0.3) is 11.0 Å². The first kappa shape index (κ1) is 13.3. The fraction of sp³-hybridized carbons (Fsp3) is 0.188. The molecule has 22 heavy (non-hydrogen) atoms. The van der Waals surface area contributed by atoms with Crippen LogP contribution in [0.4, 0.5) is 0 Å². The van der Waals surface area contributed by atoms with Crippen LogP contribution in [0.3, 0.4) is 0 Å². The molecule has 1 heterocycles. The Morgan fingerprint density at radius 1 is 1.14 bits per heavy atom. The first-order chi connectivity index (χ1) is 10.7. The number of hydrogen-bond acceptors (Lipinski definition) is 4. The average molecular weight is 314 g/mol. The zero-order chi connectivity index (χ0) is 15.2. The normalized spacial score (nSPS) is 15.7. The van der Waals surface area contributed by atoms with Crippen molar-refractivity contribution in [3.05, 3.63) is 59.1 Å². The lowest BCUT2D eigenvalue weighted by Gasteiger charge is -2.15. The second-order valence-corrected chi connectivity index (χ2v) is 5.81. The topological polar surface area (TPSA) is 57.0 Å². The Labute approximate surface area is 131 Å². The van der Waals surface area contributed by atoms with E-state index in [1.165, 1.54) is 4.85 Å². The molecular weight excluding hydrogens is 302 g/mol. The van der Waals surface area contributed by atoms with E-state index in [4.69, 9.17) is 16.4 Å². The number of halogens is 1. The number of hydrogen-bond donors (Lipinski definition) is 0. The van der Waals surface area contributed by atoms with Gasteiger partial charge in [0.25, 0.3) is 0 Å². The highest BCUT2D eigenvalue weighted by Crippen LogP contribution is 2.40. The van der Waals surface area contributed by atoms with E-state index in [1.54, 1.807) is 24.3 Å². The number of carbonyl (C=O) groups is 1. The summed E-state index contributed by atoms with van der Waals surface area (Å²) >= 11 is 5.86. The summed E-state index contributed by atoms with van der Waals surface area (Å²) in [7, 11) is 0. The SMILES string of the molecule is O=C(c1ccc(Cl)cc1)C1(On2nnc3ccccc32)CC1. The first-order valence-electron chi connectivity index (χ1n) is 6.98. The van der Waals surface area contributed by atoms with Crippen LogP contribution in [0.5, 0.6) is 0 Å². The molecule has 1 saturated carbocycles. The molecule has 110 valence electrons. The van der Waals surface area contributed by atoms with Crippen molar-refractivity contribution in [2.75, 3.05) is 0 Å².